The number of hydrogen-bond donors (Lipinski definition) is 1. The molecule has 2 aromatic rings. The van der Waals surface area contributed by atoms with Crippen LogP contribution in [0, 0.1) is 19.3 Å². The molecule has 2 rings (SSSR count). The maximum Gasteiger partial charge on any atom is 0.341 e. The second-order valence-electron chi connectivity index (χ2n) is 4.26. The number of nitrogens with zero attached hydrogens (tertiary/aromatic N) is 2. The van der Waals surface area contributed by atoms with Gasteiger partial charge in [-0.25, -0.2) is 9.48 Å². The van der Waals surface area contributed by atoms with E-state index in [4.69, 9.17) is 16.9 Å². The van der Waals surface area contributed by atoms with Gasteiger partial charge in [-0.15, -0.1) is 6.42 Å². The number of nitrogen functional groups attached to an aromatic ring is 1. The molecule has 5 heteroatoms. The Morgan fingerprint density at radius 1 is 1.55 bits per heavy atom. The van der Waals surface area contributed by atoms with Crippen molar-refractivity contribution in [1.82, 2.24) is 9.78 Å². The standard InChI is InChI=1S/C15H15N3O2/c1-4-11-7-13(6-10(3)14(11)16)18-9-12(8-17-18)15(19)20-5-2/h1,6-9H,5,16H2,2-3H3. The maximum atomic E-state index is 11.6. The lowest BCUT2D eigenvalue weighted by Gasteiger charge is -2.08. The zero-order chi connectivity index (χ0) is 14.7. The Balaban J connectivity index is 2.41. The Kier molecular flexibility index (Phi) is 3.76. The Labute approximate surface area is 117 Å². The van der Waals surface area contributed by atoms with Crippen molar-refractivity contribution in [2.24, 2.45) is 0 Å². The van der Waals surface area contributed by atoms with E-state index in [2.05, 4.69) is 11.0 Å². The van der Waals surface area contributed by atoms with Crippen molar-refractivity contribution in [2.45, 2.75) is 13.8 Å². The zero-order valence-corrected chi connectivity index (χ0v) is 11.4. The van der Waals surface area contributed by atoms with Crippen molar-refractivity contribution in [3.05, 3.63) is 41.2 Å². The molecule has 1 aromatic carbocycles. The summed E-state index contributed by atoms with van der Waals surface area (Å²) in [7, 11) is 0. The Morgan fingerprint density at radius 2 is 2.30 bits per heavy atom. The first-order valence-corrected chi connectivity index (χ1v) is 6.15. The topological polar surface area (TPSA) is 70.1 Å². The molecule has 0 saturated heterocycles. The number of aryl methyl sites for hydroxylation is 1. The van der Waals surface area contributed by atoms with Crippen LogP contribution in [0.4, 0.5) is 5.69 Å². The van der Waals surface area contributed by atoms with Crippen molar-refractivity contribution in [3.63, 3.8) is 0 Å². The summed E-state index contributed by atoms with van der Waals surface area (Å²) in [6, 6.07) is 3.61. The van der Waals surface area contributed by atoms with Crippen LogP contribution in [0.5, 0.6) is 0 Å². The third-order valence-electron chi connectivity index (χ3n) is 2.89. The third kappa shape index (κ3) is 2.50. The monoisotopic (exact) mass is 269 g/mol. The number of rotatable bonds is 3. The molecule has 2 N–H and O–H groups in total. The van der Waals surface area contributed by atoms with Crippen LogP contribution in [0.1, 0.15) is 28.4 Å². The molecule has 0 bridgehead atoms. The van der Waals surface area contributed by atoms with Gasteiger partial charge in [-0.1, -0.05) is 5.92 Å². The van der Waals surface area contributed by atoms with Crippen molar-refractivity contribution in [3.8, 4) is 18.0 Å². The molecular weight excluding hydrogens is 254 g/mol. The SMILES string of the molecule is C#Cc1cc(-n2cc(C(=O)OCC)cn2)cc(C)c1N. The van der Waals surface area contributed by atoms with Crippen LogP contribution in [0.25, 0.3) is 5.69 Å². The van der Waals surface area contributed by atoms with Gasteiger partial charge in [-0.3, -0.25) is 0 Å². The highest BCUT2D eigenvalue weighted by Gasteiger charge is 2.11. The Hall–Kier alpha value is -2.74. The number of hydrogen-bond acceptors (Lipinski definition) is 4. The molecule has 0 aliphatic carbocycles. The molecule has 0 saturated carbocycles. The number of aromatic nitrogens is 2. The van der Waals surface area contributed by atoms with E-state index in [1.165, 1.54) is 6.20 Å². The number of benzene rings is 1. The number of esters is 1. The lowest BCUT2D eigenvalue weighted by Crippen LogP contribution is -2.03. The molecule has 0 aliphatic heterocycles. The normalized spacial score (nSPS) is 10.1. The smallest absolute Gasteiger partial charge is 0.341 e. The van der Waals surface area contributed by atoms with Crippen LogP contribution in [0.2, 0.25) is 0 Å². The highest BCUT2D eigenvalue weighted by atomic mass is 16.5. The van der Waals surface area contributed by atoms with E-state index in [1.807, 2.05) is 13.0 Å². The summed E-state index contributed by atoms with van der Waals surface area (Å²) >= 11 is 0. The molecule has 20 heavy (non-hydrogen) atoms. The number of carbonyl (C=O) groups is 1. The second-order valence-corrected chi connectivity index (χ2v) is 4.26. The van der Waals surface area contributed by atoms with Gasteiger partial charge < -0.3 is 10.5 Å². The average Bonchev–Trinajstić information content (AvgIpc) is 2.91. The minimum Gasteiger partial charge on any atom is -0.462 e. The number of anilines is 1. The Bertz CT molecular complexity index is 696. The highest BCUT2D eigenvalue weighted by molar-refractivity contribution is 5.88. The fourth-order valence-electron chi connectivity index (χ4n) is 1.81. The molecule has 0 fully saturated rings. The van der Waals surface area contributed by atoms with Crippen molar-refractivity contribution in [2.75, 3.05) is 12.3 Å². The summed E-state index contributed by atoms with van der Waals surface area (Å²) in [5, 5.41) is 4.14. The van der Waals surface area contributed by atoms with Gasteiger partial charge in [0.25, 0.3) is 0 Å². The summed E-state index contributed by atoms with van der Waals surface area (Å²) in [5.41, 5.74) is 9.08. The molecule has 102 valence electrons. The lowest BCUT2D eigenvalue weighted by atomic mass is 10.1. The van der Waals surface area contributed by atoms with E-state index in [0.717, 1.165) is 11.3 Å². The van der Waals surface area contributed by atoms with Gasteiger partial charge in [0.05, 0.1) is 29.7 Å². The Morgan fingerprint density at radius 3 is 2.95 bits per heavy atom. The molecule has 0 unspecified atom stereocenters. The number of terminal acetylenes is 1. The van der Waals surface area contributed by atoms with Gasteiger partial charge >= 0.3 is 5.97 Å². The molecule has 0 spiro atoms. The quantitative estimate of drug-likeness (QED) is 0.525. The average molecular weight is 269 g/mol. The van der Waals surface area contributed by atoms with Crippen LogP contribution >= 0.6 is 0 Å². The summed E-state index contributed by atoms with van der Waals surface area (Å²) in [5.74, 6) is 2.14. The molecule has 1 heterocycles. The second kappa shape index (κ2) is 5.49. The van der Waals surface area contributed by atoms with E-state index in [0.29, 0.717) is 23.4 Å². The summed E-state index contributed by atoms with van der Waals surface area (Å²) in [4.78, 5) is 11.6. The van der Waals surface area contributed by atoms with E-state index < -0.39 is 5.97 Å². The van der Waals surface area contributed by atoms with Crippen LogP contribution in [0.15, 0.2) is 24.5 Å². The highest BCUT2D eigenvalue weighted by Crippen LogP contribution is 2.21. The molecule has 0 amide bonds. The molecule has 5 nitrogen and oxygen atoms in total. The van der Waals surface area contributed by atoms with Gasteiger partial charge in [0.2, 0.25) is 0 Å². The van der Waals surface area contributed by atoms with Gasteiger partial charge in [-0.05, 0) is 31.5 Å². The minimum atomic E-state index is -0.400. The molecular formula is C15H15N3O2. The van der Waals surface area contributed by atoms with Gasteiger partial charge in [0.1, 0.15) is 0 Å². The maximum absolute atomic E-state index is 11.6. The van der Waals surface area contributed by atoms with Gasteiger partial charge in [-0.2, -0.15) is 5.10 Å². The van der Waals surface area contributed by atoms with E-state index >= 15 is 0 Å². The van der Waals surface area contributed by atoms with Crippen molar-refractivity contribution >= 4 is 11.7 Å². The zero-order valence-electron chi connectivity index (χ0n) is 11.4. The predicted octanol–water partition coefficient (Wildman–Crippen LogP) is 1.92. The predicted molar refractivity (Wildman–Crippen MR) is 76.6 cm³/mol. The molecule has 0 radical (unpaired) electrons. The largest absolute Gasteiger partial charge is 0.462 e. The molecule has 0 aliphatic rings. The van der Waals surface area contributed by atoms with E-state index in [-0.39, 0.29) is 0 Å². The van der Waals surface area contributed by atoms with Gasteiger partial charge in [0, 0.05) is 11.8 Å². The molecule has 1 aromatic heterocycles. The lowest BCUT2D eigenvalue weighted by molar-refractivity contribution is 0.0526. The first-order valence-electron chi connectivity index (χ1n) is 6.15. The first-order chi connectivity index (χ1) is 9.56. The van der Waals surface area contributed by atoms with Crippen LogP contribution in [-0.2, 0) is 4.74 Å². The summed E-state index contributed by atoms with van der Waals surface area (Å²) < 4.78 is 6.49. The van der Waals surface area contributed by atoms with Crippen molar-refractivity contribution in [1.29, 1.82) is 0 Å². The fourth-order valence-corrected chi connectivity index (χ4v) is 1.81. The van der Waals surface area contributed by atoms with E-state index in [9.17, 15) is 4.79 Å². The summed E-state index contributed by atoms with van der Waals surface area (Å²) in [6.45, 7) is 3.95. The number of carbonyl (C=O) groups excluding carboxylic acids is 1. The van der Waals surface area contributed by atoms with Crippen LogP contribution < -0.4 is 5.73 Å². The number of nitrogens with two attached hydrogens (primary N) is 1. The number of ether oxygens (including phenoxy) is 1. The first kappa shape index (κ1) is 13.7. The van der Waals surface area contributed by atoms with Crippen LogP contribution in [0.3, 0.4) is 0 Å². The fraction of sp³-hybridized carbons (Fsp3) is 0.200. The van der Waals surface area contributed by atoms with E-state index in [1.54, 1.807) is 23.9 Å². The third-order valence-corrected chi connectivity index (χ3v) is 2.89. The minimum absolute atomic E-state index is 0.326. The molecule has 0 atom stereocenters. The summed E-state index contributed by atoms with van der Waals surface area (Å²) in [6.07, 6.45) is 8.48. The van der Waals surface area contributed by atoms with Gasteiger partial charge in [0.15, 0.2) is 0 Å². The van der Waals surface area contributed by atoms with Crippen LogP contribution in [-0.4, -0.2) is 22.4 Å². The van der Waals surface area contributed by atoms with Crippen molar-refractivity contribution < 1.29 is 9.53 Å².